The first-order valence-electron chi connectivity index (χ1n) is 5.08. The summed E-state index contributed by atoms with van der Waals surface area (Å²) in [5, 5.41) is 0. The molecule has 90 valence electrons. The van der Waals surface area contributed by atoms with Gasteiger partial charge in [0.05, 0.1) is 5.75 Å². The second-order valence-electron chi connectivity index (χ2n) is 3.42. The molecule has 0 bridgehead atoms. The van der Waals surface area contributed by atoms with Gasteiger partial charge in [0.1, 0.15) is 5.82 Å². The standard InChI is InChI=1S/C10H16N2O2S2/c1-2-6-16(13,14)7-5-15-9-3-4-10(11)12-8-9/h3-4,8H,2,5-7H2,1H3,(H2,11,12). The SMILES string of the molecule is CCCS(=O)(=O)CCSc1ccc(N)nc1. The normalized spacial score (nSPS) is 11.6. The summed E-state index contributed by atoms with van der Waals surface area (Å²) in [5.41, 5.74) is 5.45. The van der Waals surface area contributed by atoms with Crippen molar-refractivity contribution in [2.24, 2.45) is 0 Å². The quantitative estimate of drug-likeness (QED) is 0.786. The van der Waals surface area contributed by atoms with E-state index >= 15 is 0 Å². The van der Waals surface area contributed by atoms with Gasteiger partial charge in [0.25, 0.3) is 0 Å². The van der Waals surface area contributed by atoms with E-state index in [2.05, 4.69) is 4.98 Å². The number of aromatic nitrogens is 1. The van der Waals surface area contributed by atoms with Crippen LogP contribution in [-0.2, 0) is 9.84 Å². The summed E-state index contributed by atoms with van der Waals surface area (Å²) in [6, 6.07) is 3.56. The van der Waals surface area contributed by atoms with Gasteiger partial charge in [0.2, 0.25) is 0 Å². The summed E-state index contributed by atoms with van der Waals surface area (Å²) in [6.45, 7) is 1.87. The van der Waals surface area contributed by atoms with Crippen LogP contribution in [0.2, 0.25) is 0 Å². The fourth-order valence-corrected chi connectivity index (χ4v) is 3.88. The summed E-state index contributed by atoms with van der Waals surface area (Å²) < 4.78 is 22.9. The Morgan fingerprint density at radius 3 is 2.69 bits per heavy atom. The van der Waals surface area contributed by atoms with Crippen LogP contribution < -0.4 is 5.73 Å². The zero-order chi connectivity index (χ0) is 12.0. The molecule has 0 spiro atoms. The maximum Gasteiger partial charge on any atom is 0.151 e. The van der Waals surface area contributed by atoms with Gasteiger partial charge in [0, 0.05) is 22.6 Å². The van der Waals surface area contributed by atoms with Gasteiger partial charge in [-0.05, 0) is 18.6 Å². The van der Waals surface area contributed by atoms with E-state index in [9.17, 15) is 8.42 Å². The van der Waals surface area contributed by atoms with E-state index in [0.717, 1.165) is 4.90 Å². The van der Waals surface area contributed by atoms with Crippen LogP contribution in [0.5, 0.6) is 0 Å². The number of nitrogens with two attached hydrogens (primary N) is 1. The van der Waals surface area contributed by atoms with Crippen molar-refractivity contribution < 1.29 is 8.42 Å². The van der Waals surface area contributed by atoms with Crippen LogP contribution in [-0.4, -0.2) is 30.7 Å². The van der Waals surface area contributed by atoms with Crippen molar-refractivity contribution in [2.45, 2.75) is 18.2 Å². The minimum atomic E-state index is -2.88. The van der Waals surface area contributed by atoms with Crippen molar-refractivity contribution in [1.82, 2.24) is 4.98 Å². The van der Waals surface area contributed by atoms with E-state index in [1.807, 2.05) is 13.0 Å². The first-order chi connectivity index (χ1) is 7.53. The molecule has 6 heteroatoms. The van der Waals surface area contributed by atoms with Crippen molar-refractivity contribution in [3.8, 4) is 0 Å². The number of anilines is 1. The van der Waals surface area contributed by atoms with E-state index in [1.54, 1.807) is 12.3 Å². The second kappa shape index (κ2) is 6.10. The molecule has 1 heterocycles. The largest absolute Gasteiger partial charge is 0.384 e. The van der Waals surface area contributed by atoms with E-state index in [-0.39, 0.29) is 11.5 Å². The van der Waals surface area contributed by atoms with Crippen LogP contribution >= 0.6 is 11.8 Å². The van der Waals surface area contributed by atoms with Gasteiger partial charge in [-0.15, -0.1) is 11.8 Å². The lowest BCUT2D eigenvalue weighted by Crippen LogP contribution is -2.12. The number of sulfone groups is 1. The summed E-state index contributed by atoms with van der Waals surface area (Å²) in [5.74, 6) is 1.53. The van der Waals surface area contributed by atoms with Gasteiger partial charge in [-0.1, -0.05) is 6.92 Å². The molecule has 1 aromatic heterocycles. The van der Waals surface area contributed by atoms with Crippen molar-refractivity contribution in [2.75, 3.05) is 23.0 Å². The zero-order valence-electron chi connectivity index (χ0n) is 9.22. The average Bonchev–Trinajstić information content (AvgIpc) is 2.20. The number of thioether (sulfide) groups is 1. The topological polar surface area (TPSA) is 73.0 Å². The lowest BCUT2D eigenvalue weighted by atomic mass is 10.5. The molecule has 0 aromatic carbocycles. The molecule has 4 nitrogen and oxygen atoms in total. The summed E-state index contributed by atoms with van der Waals surface area (Å²) in [7, 11) is -2.88. The first kappa shape index (κ1) is 13.3. The minimum absolute atomic E-state index is 0.218. The molecule has 0 saturated carbocycles. The van der Waals surface area contributed by atoms with Crippen LogP contribution in [0.15, 0.2) is 23.2 Å². The maximum atomic E-state index is 11.4. The molecule has 2 N–H and O–H groups in total. The first-order valence-corrected chi connectivity index (χ1v) is 7.89. The number of hydrogen-bond acceptors (Lipinski definition) is 5. The second-order valence-corrected chi connectivity index (χ2v) is 6.89. The van der Waals surface area contributed by atoms with Crippen molar-refractivity contribution in [3.05, 3.63) is 18.3 Å². The van der Waals surface area contributed by atoms with Crippen molar-refractivity contribution in [1.29, 1.82) is 0 Å². The fourth-order valence-electron chi connectivity index (χ4n) is 1.18. The van der Waals surface area contributed by atoms with Crippen molar-refractivity contribution >= 4 is 27.4 Å². The number of hydrogen-bond donors (Lipinski definition) is 1. The number of rotatable bonds is 6. The highest BCUT2D eigenvalue weighted by molar-refractivity contribution is 8.00. The molecule has 0 aliphatic heterocycles. The number of nitrogens with zero attached hydrogens (tertiary/aromatic N) is 1. The molecule has 1 aromatic rings. The van der Waals surface area contributed by atoms with Crippen LogP contribution in [0.25, 0.3) is 0 Å². The molecular formula is C10H16N2O2S2. The monoisotopic (exact) mass is 260 g/mol. The lowest BCUT2D eigenvalue weighted by Gasteiger charge is -2.03. The van der Waals surface area contributed by atoms with Gasteiger partial charge >= 0.3 is 0 Å². The Morgan fingerprint density at radius 1 is 1.38 bits per heavy atom. The van der Waals surface area contributed by atoms with E-state index < -0.39 is 9.84 Å². The molecule has 0 atom stereocenters. The molecule has 0 radical (unpaired) electrons. The van der Waals surface area contributed by atoms with Crippen LogP contribution in [0, 0.1) is 0 Å². The Kier molecular flexibility index (Phi) is 5.08. The third kappa shape index (κ3) is 4.85. The lowest BCUT2D eigenvalue weighted by molar-refractivity contribution is 0.596. The number of nitrogen functional groups attached to an aromatic ring is 1. The predicted molar refractivity (Wildman–Crippen MR) is 68.3 cm³/mol. The van der Waals surface area contributed by atoms with Gasteiger partial charge in [-0.3, -0.25) is 0 Å². The van der Waals surface area contributed by atoms with Crippen LogP contribution in [0.3, 0.4) is 0 Å². The highest BCUT2D eigenvalue weighted by Crippen LogP contribution is 2.17. The molecule has 0 aliphatic rings. The van der Waals surface area contributed by atoms with E-state index in [4.69, 9.17) is 5.73 Å². The van der Waals surface area contributed by atoms with Gasteiger partial charge in [-0.25, -0.2) is 13.4 Å². The molecule has 0 unspecified atom stereocenters. The third-order valence-corrected chi connectivity index (χ3v) is 5.04. The Hall–Kier alpha value is -0.750. The number of pyridine rings is 1. The van der Waals surface area contributed by atoms with E-state index in [1.165, 1.54) is 11.8 Å². The molecular weight excluding hydrogens is 244 g/mol. The maximum absolute atomic E-state index is 11.4. The Bertz CT molecular complexity index is 415. The van der Waals surface area contributed by atoms with E-state index in [0.29, 0.717) is 18.0 Å². The molecule has 0 amide bonds. The highest BCUT2D eigenvalue weighted by Gasteiger charge is 2.08. The Morgan fingerprint density at radius 2 is 2.12 bits per heavy atom. The predicted octanol–water partition coefficient (Wildman–Crippen LogP) is 1.58. The molecule has 0 saturated heterocycles. The smallest absolute Gasteiger partial charge is 0.151 e. The highest BCUT2D eigenvalue weighted by atomic mass is 32.2. The van der Waals surface area contributed by atoms with Crippen LogP contribution in [0.1, 0.15) is 13.3 Å². The third-order valence-electron chi connectivity index (χ3n) is 1.94. The molecule has 0 aliphatic carbocycles. The van der Waals surface area contributed by atoms with Gasteiger partial charge in [0.15, 0.2) is 9.84 Å². The van der Waals surface area contributed by atoms with Crippen LogP contribution in [0.4, 0.5) is 5.82 Å². The summed E-state index contributed by atoms with van der Waals surface area (Å²) in [6.07, 6.45) is 2.34. The minimum Gasteiger partial charge on any atom is -0.384 e. The molecule has 0 fully saturated rings. The van der Waals surface area contributed by atoms with Crippen molar-refractivity contribution in [3.63, 3.8) is 0 Å². The summed E-state index contributed by atoms with van der Waals surface area (Å²) in [4.78, 5) is 4.88. The summed E-state index contributed by atoms with van der Waals surface area (Å²) >= 11 is 1.48. The van der Waals surface area contributed by atoms with Gasteiger partial charge in [-0.2, -0.15) is 0 Å². The Labute approximate surface area is 101 Å². The fraction of sp³-hybridized carbons (Fsp3) is 0.500. The Balaban J connectivity index is 2.39. The van der Waals surface area contributed by atoms with Gasteiger partial charge < -0.3 is 5.73 Å². The molecule has 16 heavy (non-hydrogen) atoms. The zero-order valence-corrected chi connectivity index (χ0v) is 10.9. The molecule has 1 rings (SSSR count). The average molecular weight is 260 g/mol.